The molecule has 2 fully saturated rings. The zero-order valence-corrected chi connectivity index (χ0v) is 14.3. The summed E-state index contributed by atoms with van der Waals surface area (Å²) in [4.78, 5) is 12.6. The fraction of sp³-hybridized carbons (Fsp3) is 0.444. The third-order valence-electron chi connectivity index (χ3n) is 4.91. The first-order valence-electron chi connectivity index (χ1n) is 8.60. The van der Waals surface area contributed by atoms with Crippen molar-refractivity contribution in [3.63, 3.8) is 0 Å². The van der Waals surface area contributed by atoms with Crippen LogP contribution in [0.25, 0.3) is 20.3 Å². The molecule has 2 aliphatic rings. The van der Waals surface area contributed by atoms with Crippen molar-refractivity contribution in [1.82, 2.24) is 14.9 Å². The molecule has 5 nitrogen and oxygen atoms in total. The maximum absolute atomic E-state index is 5.94. The molecule has 0 spiro atoms. The Bertz CT molecular complexity index is 876. The minimum absolute atomic E-state index is 0.231. The van der Waals surface area contributed by atoms with Gasteiger partial charge in [0.25, 0.3) is 0 Å². The Balaban J connectivity index is 1.38. The molecule has 3 heterocycles. The zero-order valence-electron chi connectivity index (χ0n) is 13.4. The first-order chi connectivity index (χ1) is 11.9. The summed E-state index contributed by atoms with van der Waals surface area (Å²) in [5.74, 6) is 0.921. The number of morpholine rings is 1. The molecular weight excluding hydrogens is 320 g/mol. The van der Waals surface area contributed by atoms with E-state index in [1.54, 1.807) is 17.7 Å². The number of nitrogens with zero attached hydrogens (tertiary/aromatic N) is 3. The van der Waals surface area contributed by atoms with Crippen molar-refractivity contribution in [1.29, 1.82) is 0 Å². The van der Waals surface area contributed by atoms with Crippen LogP contribution in [0, 0.1) is 0 Å². The molecule has 24 heavy (non-hydrogen) atoms. The SMILES string of the molecule is c1ccc2c(c1)sc1ncnc(NC[C@H]3CN(C4CC4)CCO3)c12. The van der Waals surface area contributed by atoms with Gasteiger partial charge in [0, 0.05) is 35.8 Å². The summed E-state index contributed by atoms with van der Waals surface area (Å²) in [6, 6.07) is 9.24. The highest BCUT2D eigenvalue weighted by molar-refractivity contribution is 7.25. The number of hydrogen-bond acceptors (Lipinski definition) is 6. The van der Waals surface area contributed by atoms with Crippen LogP contribution in [0.3, 0.4) is 0 Å². The molecule has 124 valence electrons. The second kappa shape index (κ2) is 5.95. The Labute approximate surface area is 144 Å². The average Bonchev–Trinajstić information content (AvgIpc) is 3.40. The number of benzene rings is 1. The fourth-order valence-electron chi connectivity index (χ4n) is 3.54. The number of hydrogen-bond donors (Lipinski definition) is 1. The highest BCUT2D eigenvalue weighted by atomic mass is 32.1. The van der Waals surface area contributed by atoms with Crippen LogP contribution in [0.15, 0.2) is 30.6 Å². The van der Waals surface area contributed by atoms with Crippen LogP contribution >= 0.6 is 11.3 Å². The zero-order chi connectivity index (χ0) is 15.9. The highest BCUT2D eigenvalue weighted by Gasteiger charge is 2.32. The molecule has 1 saturated carbocycles. The van der Waals surface area contributed by atoms with E-state index in [0.29, 0.717) is 0 Å². The van der Waals surface area contributed by atoms with Crippen LogP contribution in [0.5, 0.6) is 0 Å². The molecule has 1 atom stereocenters. The van der Waals surface area contributed by atoms with Gasteiger partial charge < -0.3 is 10.1 Å². The van der Waals surface area contributed by atoms with Crippen molar-refractivity contribution in [3.8, 4) is 0 Å². The largest absolute Gasteiger partial charge is 0.374 e. The molecule has 1 aromatic carbocycles. The predicted octanol–water partition coefficient (Wildman–Crippen LogP) is 3.12. The van der Waals surface area contributed by atoms with Gasteiger partial charge in [-0.15, -0.1) is 11.3 Å². The van der Waals surface area contributed by atoms with E-state index < -0.39 is 0 Å². The summed E-state index contributed by atoms with van der Waals surface area (Å²) in [6.45, 7) is 3.73. The van der Waals surface area contributed by atoms with Gasteiger partial charge in [-0.05, 0) is 18.9 Å². The van der Waals surface area contributed by atoms with Crippen molar-refractivity contribution < 1.29 is 4.74 Å². The summed E-state index contributed by atoms with van der Waals surface area (Å²) in [7, 11) is 0. The van der Waals surface area contributed by atoms with Gasteiger partial charge in [-0.3, -0.25) is 4.90 Å². The minimum Gasteiger partial charge on any atom is -0.374 e. The number of nitrogens with one attached hydrogen (secondary N) is 1. The molecule has 6 heteroatoms. The van der Waals surface area contributed by atoms with Crippen LogP contribution in [0.1, 0.15) is 12.8 Å². The smallest absolute Gasteiger partial charge is 0.138 e. The van der Waals surface area contributed by atoms with Crippen molar-refractivity contribution in [2.24, 2.45) is 0 Å². The Morgan fingerprint density at radius 2 is 2.17 bits per heavy atom. The quantitative estimate of drug-likeness (QED) is 0.791. The molecule has 5 rings (SSSR count). The van der Waals surface area contributed by atoms with Crippen molar-refractivity contribution in [2.45, 2.75) is 25.0 Å². The second-order valence-electron chi connectivity index (χ2n) is 6.60. The fourth-order valence-corrected chi connectivity index (χ4v) is 4.58. The monoisotopic (exact) mass is 340 g/mol. The maximum Gasteiger partial charge on any atom is 0.138 e. The lowest BCUT2D eigenvalue weighted by atomic mass is 10.2. The molecule has 0 bridgehead atoms. The summed E-state index contributed by atoms with van der Waals surface area (Å²) < 4.78 is 7.20. The Hall–Kier alpha value is -1.76. The van der Waals surface area contributed by atoms with E-state index in [4.69, 9.17) is 4.74 Å². The maximum atomic E-state index is 5.94. The van der Waals surface area contributed by atoms with Crippen LogP contribution in [0.2, 0.25) is 0 Å². The van der Waals surface area contributed by atoms with Crippen molar-refractivity contribution in [2.75, 3.05) is 31.6 Å². The third-order valence-corrected chi connectivity index (χ3v) is 5.98. The topological polar surface area (TPSA) is 50.3 Å². The Morgan fingerprint density at radius 1 is 1.25 bits per heavy atom. The van der Waals surface area contributed by atoms with Crippen LogP contribution in [-0.4, -0.2) is 53.3 Å². The number of anilines is 1. The predicted molar refractivity (Wildman–Crippen MR) is 97.7 cm³/mol. The van der Waals surface area contributed by atoms with Crippen LogP contribution < -0.4 is 5.32 Å². The van der Waals surface area contributed by atoms with Gasteiger partial charge in [-0.25, -0.2) is 9.97 Å². The average molecular weight is 340 g/mol. The molecule has 0 unspecified atom stereocenters. The van der Waals surface area contributed by atoms with E-state index in [0.717, 1.165) is 48.3 Å². The third kappa shape index (κ3) is 2.64. The second-order valence-corrected chi connectivity index (χ2v) is 7.63. The minimum atomic E-state index is 0.231. The van der Waals surface area contributed by atoms with Gasteiger partial charge >= 0.3 is 0 Å². The van der Waals surface area contributed by atoms with E-state index in [9.17, 15) is 0 Å². The summed E-state index contributed by atoms with van der Waals surface area (Å²) in [5.41, 5.74) is 0. The van der Waals surface area contributed by atoms with E-state index in [1.807, 2.05) is 0 Å². The number of ether oxygens (including phenoxy) is 1. The standard InChI is InChI=1S/C18H20N4OS/c1-2-4-15-14(3-1)16-17(20-11-21-18(16)24-15)19-9-13-10-22(7-8-23-13)12-5-6-12/h1-4,11-13H,5-10H2,(H,19,20,21)/t13-/m0/s1. The lowest BCUT2D eigenvalue weighted by molar-refractivity contribution is -0.0241. The Kier molecular flexibility index (Phi) is 3.61. The number of fused-ring (bicyclic) bond motifs is 3. The molecule has 1 N–H and O–H groups in total. The lowest BCUT2D eigenvalue weighted by Gasteiger charge is -2.33. The molecule has 2 aromatic heterocycles. The number of rotatable bonds is 4. The van der Waals surface area contributed by atoms with Crippen molar-refractivity contribution in [3.05, 3.63) is 30.6 Å². The molecule has 3 aromatic rings. The van der Waals surface area contributed by atoms with E-state index in [2.05, 4.69) is 44.5 Å². The molecule has 1 aliphatic heterocycles. The molecule has 1 saturated heterocycles. The first kappa shape index (κ1) is 14.6. The van der Waals surface area contributed by atoms with Crippen molar-refractivity contribution >= 4 is 37.5 Å². The molecular formula is C18H20N4OS. The van der Waals surface area contributed by atoms with Gasteiger partial charge in [0.2, 0.25) is 0 Å². The number of thiophene rings is 1. The molecule has 1 aliphatic carbocycles. The van der Waals surface area contributed by atoms with Gasteiger partial charge in [0.1, 0.15) is 17.0 Å². The van der Waals surface area contributed by atoms with Gasteiger partial charge in [0.15, 0.2) is 0 Å². The number of aromatic nitrogens is 2. The van der Waals surface area contributed by atoms with E-state index >= 15 is 0 Å². The van der Waals surface area contributed by atoms with Gasteiger partial charge in [-0.1, -0.05) is 18.2 Å². The summed E-state index contributed by atoms with van der Waals surface area (Å²) in [6.07, 6.45) is 4.59. The molecule has 0 amide bonds. The lowest BCUT2D eigenvalue weighted by Crippen LogP contribution is -2.46. The highest BCUT2D eigenvalue weighted by Crippen LogP contribution is 2.35. The van der Waals surface area contributed by atoms with Gasteiger partial charge in [0.05, 0.1) is 18.1 Å². The summed E-state index contributed by atoms with van der Waals surface area (Å²) >= 11 is 1.72. The molecule has 0 radical (unpaired) electrons. The van der Waals surface area contributed by atoms with Gasteiger partial charge in [-0.2, -0.15) is 0 Å². The summed E-state index contributed by atoms with van der Waals surface area (Å²) in [5, 5.41) is 5.88. The van der Waals surface area contributed by atoms with Crippen LogP contribution in [-0.2, 0) is 4.74 Å². The normalized spacial score (nSPS) is 22.2. The van der Waals surface area contributed by atoms with E-state index in [1.165, 1.54) is 22.9 Å². The van der Waals surface area contributed by atoms with E-state index in [-0.39, 0.29) is 6.10 Å². The Morgan fingerprint density at radius 3 is 3.08 bits per heavy atom. The first-order valence-corrected chi connectivity index (χ1v) is 9.42. The van der Waals surface area contributed by atoms with Crippen LogP contribution in [0.4, 0.5) is 5.82 Å².